The second kappa shape index (κ2) is 7.19. The molecule has 0 bridgehead atoms. The third kappa shape index (κ3) is 2.82. The van der Waals surface area contributed by atoms with Crippen molar-refractivity contribution in [2.75, 3.05) is 18.5 Å². The first-order valence-corrected chi connectivity index (χ1v) is 10.8. The van der Waals surface area contributed by atoms with E-state index in [0.29, 0.717) is 42.5 Å². The highest BCUT2D eigenvalue weighted by molar-refractivity contribution is 5.83. The smallest absolute Gasteiger partial charge is 0.170 e. The molecule has 0 unspecified atom stereocenters. The molecule has 2 aliphatic rings. The largest absolute Gasteiger partial charge is 0.493 e. The molecule has 1 atom stereocenters. The van der Waals surface area contributed by atoms with E-state index in [4.69, 9.17) is 9.47 Å². The van der Waals surface area contributed by atoms with Crippen LogP contribution in [0.25, 0.3) is 16.8 Å². The van der Waals surface area contributed by atoms with Crippen molar-refractivity contribution in [3.05, 3.63) is 65.0 Å². The minimum Gasteiger partial charge on any atom is -0.493 e. The van der Waals surface area contributed by atoms with E-state index >= 15 is 0 Å². The second-order valence-electron chi connectivity index (χ2n) is 8.25. The summed E-state index contributed by atoms with van der Waals surface area (Å²) in [5, 5.41) is 11.9. The SMILES string of the molecule is CCc1cc(C)c(-c2cc3c(n4cnnc24)NCc2c(F)ccc4c2[C@H](CO4)CO3)cn1. The van der Waals surface area contributed by atoms with Crippen molar-refractivity contribution in [1.82, 2.24) is 19.6 Å². The van der Waals surface area contributed by atoms with Gasteiger partial charge in [-0.05, 0) is 43.2 Å². The predicted molar refractivity (Wildman–Crippen MR) is 118 cm³/mol. The standard InChI is InChI=1S/C24H22FN5O2/c1-3-15-6-13(2)17(8-26-15)16-7-21-24(30-12-28-29-23(16)30)27-9-18-19(25)4-5-20-22(18)14(10-31-20)11-32-21/h4-8,12,14,27H,3,9-11H2,1-2H3/t14-/m1/s1. The number of halogens is 1. The first-order chi connectivity index (χ1) is 15.6. The maximum absolute atomic E-state index is 14.7. The van der Waals surface area contributed by atoms with Crippen LogP contribution in [0.1, 0.15) is 35.2 Å². The average molecular weight is 431 g/mol. The van der Waals surface area contributed by atoms with Crippen molar-refractivity contribution >= 4 is 11.5 Å². The van der Waals surface area contributed by atoms with E-state index in [9.17, 15) is 4.39 Å². The van der Waals surface area contributed by atoms with E-state index in [0.717, 1.165) is 40.1 Å². The Balaban J connectivity index is 1.51. The van der Waals surface area contributed by atoms with Gasteiger partial charge in [-0.2, -0.15) is 0 Å². The van der Waals surface area contributed by atoms with Crippen molar-refractivity contribution in [2.45, 2.75) is 32.7 Å². The molecule has 1 N–H and O–H groups in total. The van der Waals surface area contributed by atoms with E-state index < -0.39 is 0 Å². The van der Waals surface area contributed by atoms with Crippen molar-refractivity contribution in [2.24, 2.45) is 0 Å². The normalized spacial score (nSPS) is 16.8. The number of anilines is 1. The van der Waals surface area contributed by atoms with E-state index in [1.165, 1.54) is 6.07 Å². The maximum atomic E-state index is 14.7. The molecule has 0 saturated carbocycles. The fourth-order valence-electron chi connectivity index (χ4n) is 4.67. The third-order valence-corrected chi connectivity index (χ3v) is 6.34. The van der Waals surface area contributed by atoms with Crippen LogP contribution in [-0.4, -0.2) is 32.8 Å². The van der Waals surface area contributed by atoms with Gasteiger partial charge in [-0.15, -0.1) is 10.2 Å². The van der Waals surface area contributed by atoms with E-state index in [2.05, 4.69) is 40.4 Å². The average Bonchev–Trinajstić information content (AvgIpc) is 3.45. The van der Waals surface area contributed by atoms with Crippen LogP contribution in [0.2, 0.25) is 0 Å². The summed E-state index contributed by atoms with van der Waals surface area (Å²) in [6.45, 7) is 5.33. The zero-order chi connectivity index (χ0) is 21.8. The van der Waals surface area contributed by atoms with Gasteiger partial charge in [0.15, 0.2) is 17.2 Å². The summed E-state index contributed by atoms with van der Waals surface area (Å²) in [5.41, 5.74) is 6.22. The minimum absolute atomic E-state index is 0.0317. The lowest BCUT2D eigenvalue weighted by Gasteiger charge is -2.17. The Morgan fingerprint density at radius 2 is 2.00 bits per heavy atom. The molecule has 2 aliphatic heterocycles. The van der Waals surface area contributed by atoms with Crippen molar-refractivity contribution in [3.8, 4) is 22.6 Å². The maximum Gasteiger partial charge on any atom is 0.170 e. The van der Waals surface area contributed by atoms with Gasteiger partial charge in [0, 0.05) is 40.7 Å². The van der Waals surface area contributed by atoms with Gasteiger partial charge < -0.3 is 14.8 Å². The highest BCUT2D eigenvalue weighted by Gasteiger charge is 2.31. The number of benzene rings is 1. The Bertz CT molecular complexity index is 1370. The molecule has 0 amide bonds. The van der Waals surface area contributed by atoms with Crippen LogP contribution in [0.15, 0.2) is 36.8 Å². The van der Waals surface area contributed by atoms with Crippen LogP contribution in [-0.2, 0) is 13.0 Å². The number of pyridine rings is 2. The van der Waals surface area contributed by atoms with Crippen LogP contribution in [0.5, 0.6) is 11.5 Å². The van der Waals surface area contributed by atoms with Gasteiger partial charge in [-0.3, -0.25) is 9.38 Å². The van der Waals surface area contributed by atoms with E-state index in [-0.39, 0.29) is 11.7 Å². The van der Waals surface area contributed by atoms with Gasteiger partial charge in [-0.1, -0.05) is 6.92 Å². The summed E-state index contributed by atoms with van der Waals surface area (Å²) >= 11 is 0. The molecule has 6 rings (SSSR count). The van der Waals surface area contributed by atoms with Crippen LogP contribution < -0.4 is 14.8 Å². The molecule has 5 heterocycles. The zero-order valence-corrected chi connectivity index (χ0v) is 17.9. The number of hydrogen-bond donors (Lipinski definition) is 1. The van der Waals surface area contributed by atoms with Gasteiger partial charge in [0.05, 0.1) is 19.1 Å². The topological polar surface area (TPSA) is 73.6 Å². The molecule has 0 aliphatic carbocycles. The Morgan fingerprint density at radius 1 is 1.16 bits per heavy atom. The second-order valence-corrected chi connectivity index (χ2v) is 8.25. The number of nitrogens with one attached hydrogen (secondary N) is 1. The Hall–Kier alpha value is -3.68. The van der Waals surface area contributed by atoms with Crippen molar-refractivity contribution in [1.29, 1.82) is 0 Å². The number of hydrogen-bond acceptors (Lipinski definition) is 6. The molecule has 7 nitrogen and oxygen atoms in total. The number of aryl methyl sites for hydroxylation is 2. The Morgan fingerprint density at radius 3 is 2.81 bits per heavy atom. The fraction of sp³-hybridized carbons (Fsp3) is 0.292. The quantitative estimate of drug-likeness (QED) is 0.511. The van der Waals surface area contributed by atoms with Gasteiger partial charge in [-0.25, -0.2) is 4.39 Å². The molecule has 4 aromatic rings. The van der Waals surface area contributed by atoms with Crippen molar-refractivity contribution < 1.29 is 13.9 Å². The number of ether oxygens (including phenoxy) is 2. The Kier molecular flexibility index (Phi) is 4.28. The molecular formula is C24H22FN5O2. The lowest BCUT2D eigenvalue weighted by atomic mass is 9.96. The van der Waals surface area contributed by atoms with Crippen molar-refractivity contribution in [3.63, 3.8) is 0 Å². The summed E-state index contributed by atoms with van der Waals surface area (Å²) in [6.07, 6.45) is 4.41. The molecule has 162 valence electrons. The predicted octanol–water partition coefficient (Wildman–Crippen LogP) is 4.28. The van der Waals surface area contributed by atoms with E-state index in [1.54, 1.807) is 12.4 Å². The molecular weight excluding hydrogens is 409 g/mol. The summed E-state index contributed by atoms with van der Waals surface area (Å²) in [4.78, 5) is 4.58. The minimum atomic E-state index is -0.246. The highest BCUT2D eigenvalue weighted by Crippen LogP contribution is 2.42. The molecule has 0 fully saturated rings. The van der Waals surface area contributed by atoms with Gasteiger partial charge in [0.1, 0.15) is 17.9 Å². The number of aromatic nitrogens is 4. The number of nitrogens with zero attached hydrogens (tertiary/aromatic N) is 4. The monoisotopic (exact) mass is 431 g/mol. The van der Waals surface area contributed by atoms with E-state index in [1.807, 2.05) is 16.7 Å². The number of fused-ring (bicyclic) bond motifs is 3. The fourth-order valence-corrected chi connectivity index (χ4v) is 4.67. The molecule has 0 radical (unpaired) electrons. The van der Waals surface area contributed by atoms with Crippen LogP contribution in [0, 0.1) is 12.7 Å². The molecule has 0 spiro atoms. The summed E-state index contributed by atoms with van der Waals surface area (Å²) in [6, 6.07) is 7.24. The van der Waals surface area contributed by atoms with Crippen LogP contribution >= 0.6 is 0 Å². The van der Waals surface area contributed by atoms with Crippen LogP contribution in [0.4, 0.5) is 10.2 Å². The molecule has 1 aromatic carbocycles. The number of rotatable bonds is 2. The first kappa shape index (κ1) is 19.0. The highest BCUT2D eigenvalue weighted by atomic mass is 19.1. The Labute approximate surface area is 184 Å². The summed E-state index contributed by atoms with van der Waals surface area (Å²) in [7, 11) is 0. The van der Waals surface area contributed by atoms with Gasteiger partial charge in [0.25, 0.3) is 0 Å². The summed E-state index contributed by atoms with van der Waals surface area (Å²) < 4.78 is 28.7. The first-order valence-electron chi connectivity index (χ1n) is 10.8. The van der Waals surface area contributed by atoms with Gasteiger partial charge in [0.2, 0.25) is 0 Å². The third-order valence-electron chi connectivity index (χ3n) is 6.34. The molecule has 32 heavy (non-hydrogen) atoms. The molecule has 3 aromatic heterocycles. The molecule has 0 saturated heterocycles. The zero-order valence-electron chi connectivity index (χ0n) is 17.9. The molecule has 8 heteroatoms. The van der Waals surface area contributed by atoms with Gasteiger partial charge >= 0.3 is 0 Å². The lowest BCUT2D eigenvalue weighted by molar-refractivity contribution is 0.249. The lowest BCUT2D eigenvalue weighted by Crippen LogP contribution is -2.13. The van der Waals surface area contributed by atoms with Crippen LogP contribution in [0.3, 0.4) is 0 Å². The summed E-state index contributed by atoms with van der Waals surface area (Å²) in [5.74, 6) is 1.81.